The Labute approximate surface area is 170 Å². The third kappa shape index (κ3) is 5.30. The van der Waals surface area contributed by atoms with Gasteiger partial charge >= 0.3 is 0 Å². The van der Waals surface area contributed by atoms with Gasteiger partial charge in [-0.3, -0.25) is 4.99 Å². The molecular formula is C17H26IN3O3S. The molecule has 2 heterocycles. The minimum atomic E-state index is -0.662. The highest BCUT2D eigenvalue weighted by molar-refractivity contribution is 14.0. The number of benzene rings is 1. The van der Waals surface area contributed by atoms with Gasteiger partial charge in [0.2, 0.25) is 6.79 Å². The van der Waals surface area contributed by atoms with Gasteiger partial charge in [-0.1, -0.05) is 6.07 Å². The first-order chi connectivity index (χ1) is 11.6. The highest BCUT2D eigenvalue weighted by atomic mass is 127. The number of guanidine groups is 1. The number of aliphatic imine (C=N–C) groups is 1. The Morgan fingerprint density at radius 2 is 2.20 bits per heavy atom. The molecule has 1 fully saturated rings. The molecule has 140 valence electrons. The Balaban J connectivity index is 0.00000225. The molecule has 8 heteroatoms. The number of thioether (sulfide) groups is 1. The summed E-state index contributed by atoms with van der Waals surface area (Å²) in [7, 11) is 2.00. The monoisotopic (exact) mass is 479 g/mol. The van der Waals surface area contributed by atoms with Gasteiger partial charge in [0.15, 0.2) is 17.5 Å². The van der Waals surface area contributed by atoms with E-state index in [0.29, 0.717) is 13.1 Å². The fraction of sp³-hybridized carbons (Fsp3) is 0.588. The van der Waals surface area contributed by atoms with Gasteiger partial charge in [0.05, 0.1) is 12.1 Å². The van der Waals surface area contributed by atoms with Crippen molar-refractivity contribution in [2.24, 2.45) is 4.99 Å². The van der Waals surface area contributed by atoms with Crippen LogP contribution in [0.4, 0.5) is 0 Å². The Bertz CT molecular complexity index is 609. The van der Waals surface area contributed by atoms with E-state index in [1.165, 1.54) is 0 Å². The molecule has 0 spiro atoms. The van der Waals surface area contributed by atoms with Gasteiger partial charge in [0, 0.05) is 25.9 Å². The normalized spacial score (nSPS) is 21.8. The topological polar surface area (TPSA) is 66.3 Å². The smallest absolute Gasteiger partial charge is 0.231 e. The van der Waals surface area contributed by atoms with Crippen LogP contribution >= 0.6 is 35.7 Å². The van der Waals surface area contributed by atoms with Crippen molar-refractivity contribution >= 4 is 41.7 Å². The molecule has 2 aliphatic heterocycles. The summed E-state index contributed by atoms with van der Waals surface area (Å²) in [6.07, 6.45) is 0.812. The molecule has 2 N–H and O–H groups in total. The average molecular weight is 479 g/mol. The van der Waals surface area contributed by atoms with Gasteiger partial charge in [-0.15, -0.1) is 24.0 Å². The second-order valence-electron chi connectivity index (χ2n) is 6.24. The molecular weight excluding hydrogens is 453 g/mol. The molecule has 6 nitrogen and oxygen atoms in total. The maximum absolute atomic E-state index is 10.5. The predicted molar refractivity (Wildman–Crippen MR) is 112 cm³/mol. The molecule has 1 aromatic rings. The summed E-state index contributed by atoms with van der Waals surface area (Å²) >= 11 is 1.79. The summed E-state index contributed by atoms with van der Waals surface area (Å²) in [6, 6.07) is 5.98. The van der Waals surface area contributed by atoms with E-state index < -0.39 is 5.60 Å². The van der Waals surface area contributed by atoms with Crippen LogP contribution in [0.5, 0.6) is 11.5 Å². The van der Waals surface area contributed by atoms with Gasteiger partial charge < -0.3 is 24.8 Å². The second kappa shape index (κ2) is 9.18. The molecule has 0 aliphatic carbocycles. The quantitative estimate of drug-likeness (QED) is 0.384. The highest BCUT2D eigenvalue weighted by Crippen LogP contribution is 2.32. The van der Waals surface area contributed by atoms with E-state index in [4.69, 9.17) is 9.47 Å². The van der Waals surface area contributed by atoms with Crippen LogP contribution in [0.2, 0.25) is 0 Å². The molecule has 1 atom stereocenters. The molecule has 0 amide bonds. The number of ether oxygens (including phenoxy) is 2. The van der Waals surface area contributed by atoms with E-state index >= 15 is 0 Å². The molecule has 1 unspecified atom stereocenters. The first-order valence-corrected chi connectivity index (χ1v) is 9.43. The zero-order valence-corrected chi connectivity index (χ0v) is 17.8. The van der Waals surface area contributed by atoms with Crippen molar-refractivity contribution in [1.29, 1.82) is 0 Å². The summed E-state index contributed by atoms with van der Waals surface area (Å²) in [5, 5.41) is 13.8. The zero-order chi connectivity index (χ0) is 17.0. The Kier molecular flexibility index (Phi) is 7.51. The molecule has 0 aromatic heterocycles. The lowest BCUT2D eigenvalue weighted by Gasteiger charge is -2.24. The van der Waals surface area contributed by atoms with Crippen LogP contribution in [-0.4, -0.2) is 60.0 Å². The fourth-order valence-corrected chi connectivity index (χ4v) is 4.09. The van der Waals surface area contributed by atoms with Gasteiger partial charge in [0.1, 0.15) is 0 Å². The molecule has 0 saturated carbocycles. The maximum Gasteiger partial charge on any atom is 0.231 e. The van der Waals surface area contributed by atoms with E-state index in [9.17, 15) is 5.11 Å². The first-order valence-electron chi connectivity index (χ1n) is 8.28. The minimum Gasteiger partial charge on any atom is -0.454 e. The largest absolute Gasteiger partial charge is 0.454 e. The Morgan fingerprint density at radius 1 is 1.40 bits per heavy atom. The predicted octanol–water partition coefficient (Wildman–Crippen LogP) is 2.30. The van der Waals surface area contributed by atoms with E-state index in [1.54, 1.807) is 11.8 Å². The van der Waals surface area contributed by atoms with Crippen molar-refractivity contribution in [3.8, 4) is 11.5 Å². The SMILES string of the molecule is CCNC(=NCC1(O)CCSC1)N(C)Cc1ccc2c(c1)OCO2.I. The van der Waals surface area contributed by atoms with Crippen LogP contribution in [0.25, 0.3) is 0 Å². The summed E-state index contributed by atoms with van der Waals surface area (Å²) in [6.45, 7) is 4.26. The number of aliphatic hydroxyl groups is 1. The third-order valence-electron chi connectivity index (χ3n) is 4.16. The molecule has 1 saturated heterocycles. The van der Waals surface area contributed by atoms with Crippen molar-refractivity contribution < 1.29 is 14.6 Å². The van der Waals surface area contributed by atoms with Gasteiger partial charge in [-0.2, -0.15) is 11.8 Å². The maximum atomic E-state index is 10.5. The lowest BCUT2D eigenvalue weighted by molar-refractivity contribution is 0.0776. The van der Waals surface area contributed by atoms with Crippen LogP contribution in [-0.2, 0) is 6.54 Å². The van der Waals surface area contributed by atoms with E-state index in [0.717, 1.165) is 47.5 Å². The van der Waals surface area contributed by atoms with Crippen molar-refractivity contribution in [1.82, 2.24) is 10.2 Å². The van der Waals surface area contributed by atoms with Gasteiger partial charge in [-0.25, -0.2) is 0 Å². The minimum absolute atomic E-state index is 0. The van der Waals surface area contributed by atoms with Gasteiger partial charge in [-0.05, 0) is 36.8 Å². The van der Waals surface area contributed by atoms with Crippen molar-refractivity contribution in [2.45, 2.75) is 25.5 Å². The molecule has 0 radical (unpaired) electrons. The molecule has 1 aromatic carbocycles. The van der Waals surface area contributed by atoms with Crippen molar-refractivity contribution in [2.75, 3.05) is 38.4 Å². The average Bonchev–Trinajstić information content (AvgIpc) is 3.20. The third-order valence-corrected chi connectivity index (χ3v) is 5.39. The summed E-state index contributed by atoms with van der Waals surface area (Å²) in [5.74, 6) is 4.17. The first kappa shape index (κ1) is 20.4. The number of rotatable bonds is 5. The Hall–Kier alpha value is -0.870. The van der Waals surface area contributed by atoms with Crippen LogP contribution in [0.3, 0.4) is 0 Å². The summed E-state index contributed by atoms with van der Waals surface area (Å²) in [4.78, 5) is 6.71. The molecule has 2 aliphatic rings. The second-order valence-corrected chi connectivity index (χ2v) is 7.35. The van der Waals surface area contributed by atoms with Crippen LogP contribution < -0.4 is 14.8 Å². The molecule has 25 heavy (non-hydrogen) atoms. The van der Waals surface area contributed by atoms with Crippen LogP contribution in [0, 0.1) is 0 Å². The van der Waals surface area contributed by atoms with E-state index in [1.807, 2.05) is 32.2 Å². The number of nitrogens with zero attached hydrogens (tertiary/aromatic N) is 2. The van der Waals surface area contributed by atoms with E-state index in [-0.39, 0.29) is 30.8 Å². The Morgan fingerprint density at radius 3 is 2.92 bits per heavy atom. The molecule has 3 rings (SSSR count). The highest BCUT2D eigenvalue weighted by Gasteiger charge is 2.31. The number of fused-ring (bicyclic) bond motifs is 1. The number of halogens is 1. The summed E-state index contributed by atoms with van der Waals surface area (Å²) < 4.78 is 10.8. The van der Waals surface area contributed by atoms with Crippen LogP contribution in [0.1, 0.15) is 18.9 Å². The fourth-order valence-electron chi connectivity index (χ4n) is 2.80. The van der Waals surface area contributed by atoms with Gasteiger partial charge in [0.25, 0.3) is 0 Å². The van der Waals surface area contributed by atoms with Crippen LogP contribution in [0.15, 0.2) is 23.2 Å². The number of hydrogen-bond donors (Lipinski definition) is 2. The standard InChI is InChI=1S/C17H25N3O3S.HI/c1-3-18-16(19-10-17(21)6-7-24-11-17)20(2)9-13-4-5-14-15(8-13)23-12-22-14;/h4-5,8,21H,3,6-7,9-12H2,1-2H3,(H,18,19);1H. The number of nitrogens with one attached hydrogen (secondary N) is 1. The summed E-state index contributed by atoms with van der Waals surface area (Å²) in [5.41, 5.74) is 0.466. The van der Waals surface area contributed by atoms with Crippen molar-refractivity contribution in [3.05, 3.63) is 23.8 Å². The lowest BCUT2D eigenvalue weighted by atomic mass is 10.0. The zero-order valence-electron chi connectivity index (χ0n) is 14.7. The molecule has 0 bridgehead atoms. The van der Waals surface area contributed by atoms with E-state index in [2.05, 4.69) is 15.2 Å². The van der Waals surface area contributed by atoms with Crippen molar-refractivity contribution in [3.63, 3.8) is 0 Å². The lowest BCUT2D eigenvalue weighted by Crippen LogP contribution is -2.41. The number of hydrogen-bond acceptors (Lipinski definition) is 5.